The van der Waals surface area contributed by atoms with E-state index in [-0.39, 0.29) is 11.3 Å². The summed E-state index contributed by atoms with van der Waals surface area (Å²) in [5.74, 6) is 0.517. The van der Waals surface area contributed by atoms with Gasteiger partial charge in [-0.2, -0.15) is 0 Å². The van der Waals surface area contributed by atoms with Gasteiger partial charge in [-0.3, -0.25) is 4.79 Å². The minimum atomic E-state index is -0.348. The summed E-state index contributed by atoms with van der Waals surface area (Å²) < 4.78 is 0. The van der Waals surface area contributed by atoms with Gasteiger partial charge in [-0.1, -0.05) is 13.8 Å². The molecule has 1 aliphatic carbocycles. The smallest absolute Gasteiger partial charge is 0.232 e. The van der Waals surface area contributed by atoms with E-state index >= 15 is 0 Å². The van der Waals surface area contributed by atoms with Crippen LogP contribution >= 0.6 is 11.3 Å². The summed E-state index contributed by atoms with van der Waals surface area (Å²) in [5.41, 5.74) is 0.859. The van der Waals surface area contributed by atoms with Crippen molar-refractivity contribution in [2.75, 3.05) is 18.4 Å². The summed E-state index contributed by atoms with van der Waals surface area (Å²) >= 11 is 1.67. The lowest BCUT2D eigenvalue weighted by atomic mass is 9.74. The molecule has 116 valence electrons. The highest BCUT2D eigenvalue weighted by Crippen LogP contribution is 2.35. The SMILES string of the molecule is CC(C)(C(=O)Nc1nc2c(s1)CCCC2)C1CCCNC1. The molecule has 2 aliphatic rings. The number of fused-ring (bicyclic) bond motifs is 1. The van der Waals surface area contributed by atoms with Crippen molar-refractivity contribution in [1.29, 1.82) is 0 Å². The molecule has 1 unspecified atom stereocenters. The average Bonchev–Trinajstić information content (AvgIpc) is 2.90. The van der Waals surface area contributed by atoms with Crippen molar-refractivity contribution >= 4 is 22.4 Å². The van der Waals surface area contributed by atoms with Crippen LogP contribution in [-0.2, 0) is 17.6 Å². The fourth-order valence-corrected chi connectivity index (χ4v) is 4.36. The predicted octanol–water partition coefficient (Wildman–Crippen LogP) is 2.99. The molecule has 0 aromatic carbocycles. The number of nitrogens with one attached hydrogen (secondary N) is 2. The zero-order valence-corrected chi connectivity index (χ0v) is 13.8. The minimum Gasteiger partial charge on any atom is -0.316 e. The Morgan fingerprint density at radius 2 is 2.14 bits per heavy atom. The lowest BCUT2D eigenvalue weighted by molar-refractivity contribution is -0.127. The number of aromatic nitrogens is 1. The number of anilines is 1. The van der Waals surface area contributed by atoms with E-state index in [1.165, 1.54) is 23.4 Å². The van der Waals surface area contributed by atoms with Crippen LogP contribution in [0, 0.1) is 11.3 Å². The Hall–Kier alpha value is -0.940. The second-order valence-electron chi connectivity index (χ2n) is 6.82. The summed E-state index contributed by atoms with van der Waals surface area (Å²) in [6.07, 6.45) is 6.95. The van der Waals surface area contributed by atoms with E-state index in [4.69, 9.17) is 0 Å². The van der Waals surface area contributed by atoms with Crippen LogP contribution in [0.4, 0.5) is 5.13 Å². The van der Waals surface area contributed by atoms with Crippen molar-refractivity contribution in [2.45, 2.75) is 52.4 Å². The molecule has 0 spiro atoms. The van der Waals surface area contributed by atoms with E-state index < -0.39 is 0 Å². The summed E-state index contributed by atoms with van der Waals surface area (Å²) in [6.45, 7) is 6.14. The van der Waals surface area contributed by atoms with Gasteiger partial charge < -0.3 is 10.6 Å². The maximum atomic E-state index is 12.7. The quantitative estimate of drug-likeness (QED) is 0.902. The third kappa shape index (κ3) is 3.14. The van der Waals surface area contributed by atoms with E-state index in [0.29, 0.717) is 5.92 Å². The summed E-state index contributed by atoms with van der Waals surface area (Å²) in [6, 6.07) is 0. The number of thiazole rings is 1. The first-order valence-electron chi connectivity index (χ1n) is 8.08. The highest BCUT2D eigenvalue weighted by molar-refractivity contribution is 7.15. The van der Waals surface area contributed by atoms with Gasteiger partial charge in [0.1, 0.15) is 0 Å². The zero-order chi connectivity index (χ0) is 14.9. The molecule has 1 aromatic heterocycles. The van der Waals surface area contributed by atoms with Crippen molar-refractivity contribution in [3.8, 4) is 0 Å². The number of hydrogen-bond donors (Lipinski definition) is 2. The molecule has 1 amide bonds. The van der Waals surface area contributed by atoms with Gasteiger partial charge in [0.25, 0.3) is 0 Å². The van der Waals surface area contributed by atoms with Crippen molar-refractivity contribution < 1.29 is 4.79 Å². The largest absolute Gasteiger partial charge is 0.316 e. The highest BCUT2D eigenvalue weighted by Gasteiger charge is 2.37. The monoisotopic (exact) mass is 307 g/mol. The second kappa shape index (κ2) is 6.05. The molecule has 1 atom stereocenters. The second-order valence-corrected chi connectivity index (χ2v) is 7.90. The van der Waals surface area contributed by atoms with Gasteiger partial charge in [-0.15, -0.1) is 11.3 Å². The third-order valence-corrected chi connectivity index (χ3v) is 6.04. The maximum absolute atomic E-state index is 12.7. The standard InChI is InChI=1S/C16H25N3OS/c1-16(2,11-6-5-9-17-10-11)14(20)19-15-18-12-7-3-4-8-13(12)21-15/h11,17H,3-10H2,1-2H3,(H,18,19,20). The zero-order valence-electron chi connectivity index (χ0n) is 13.0. The van der Waals surface area contributed by atoms with E-state index in [2.05, 4.69) is 29.5 Å². The Morgan fingerprint density at radius 1 is 1.33 bits per heavy atom. The van der Waals surface area contributed by atoms with Gasteiger partial charge in [0, 0.05) is 10.3 Å². The van der Waals surface area contributed by atoms with Crippen LogP contribution in [0.1, 0.15) is 50.1 Å². The van der Waals surface area contributed by atoms with E-state index in [9.17, 15) is 4.79 Å². The van der Waals surface area contributed by atoms with Gasteiger partial charge in [-0.05, 0) is 57.5 Å². The predicted molar refractivity (Wildman–Crippen MR) is 86.8 cm³/mol. The summed E-state index contributed by atoms with van der Waals surface area (Å²) in [5, 5.41) is 7.28. The van der Waals surface area contributed by atoms with Crippen molar-refractivity contribution in [1.82, 2.24) is 10.3 Å². The molecular weight excluding hydrogens is 282 g/mol. The van der Waals surface area contributed by atoms with Crippen LogP contribution in [0.5, 0.6) is 0 Å². The Kier molecular flexibility index (Phi) is 4.31. The summed E-state index contributed by atoms with van der Waals surface area (Å²) in [4.78, 5) is 18.7. The minimum absolute atomic E-state index is 0.113. The molecule has 1 aromatic rings. The normalized spacial score (nSPS) is 22.7. The van der Waals surface area contributed by atoms with E-state index in [0.717, 1.165) is 43.9 Å². The van der Waals surface area contributed by atoms with Crippen LogP contribution in [0.15, 0.2) is 0 Å². The number of piperidine rings is 1. The van der Waals surface area contributed by atoms with Crippen LogP contribution in [0.3, 0.4) is 0 Å². The van der Waals surface area contributed by atoms with Crippen LogP contribution < -0.4 is 10.6 Å². The molecule has 5 heteroatoms. The first-order chi connectivity index (χ1) is 10.1. The number of nitrogens with zero attached hydrogens (tertiary/aromatic N) is 1. The number of carbonyl (C=O) groups excluding carboxylic acids is 1. The molecule has 4 nitrogen and oxygen atoms in total. The van der Waals surface area contributed by atoms with Crippen molar-refractivity contribution in [2.24, 2.45) is 11.3 Å². The van der Waals surface area contributed by atoms with Crippen molar-refractivity contribution in [3.05, 3.63) is 10.6 Å². The van der Waals surface area contributed by atoms with Gasteiger partial charge in [0.15, 0.2) is 5.13 Å². The lowest BCUT2D eigenvalue weighted by Gasteiger charge is -2.35. The maximum Gasteiger partial charge on any atom is 0.232 e. The van der Waals surface area contributed by atoms with Gasteiger partial charge in [0.05, 0.1) is 5.69 Å². The van der Waals surface area contributed by atoms with E-state index in [1.807, 2.05) is 0 Å². The fourth-order valence-electron chi connectivity index (χ4n) is 3.32. The highest BCUT2D eigenvalue weighted by atomic mass is 32.1. The Morgan fingerprint density at radius 3 is 2.86 bits per heavy atom. The van der Waals surface area contributed by atoms with Gasteiger partial charge in [0.2, 0.25) is 5.91 Å². The lowest BCUT2D eigenvalue weighted by Crippen LogP contribution is -2.44. The number of aryl methyl sites for hydroxylation is 2. The number of rotatable bonds is 3. The first-order valence-corrected chi connectivity index (χ1v) is 8.90. The Labute approximate surface area is 130 Å². The number of carbonyl (C=O) groups is 1. The third-order valence-electron chi connectivity index (χ3n) is 4.97. The molecule has 21 heavy (non-hydrogen) atoms. The number of hydrogen-bond acceptors (Lipinski definition) is 4. The van der Waals surface area contributed by atoms with Crippen LogP contribution in [0.2, 0.25) is 0 Å². The molecule has 2 heterocycles. The molecular formula is C16H25N3OS. The van der Waals surface area contributed by atoms with Crippen LogP contribution in [-0.4, -0.2) is 24.0 Å². The first kappa shape index (κ1) is 15.0. The van der Waals surface area contributed by atoms with Crippen molar-refractivity contribution in [3.63, 3.8) is 0 Å². The fraction of sp³-hybridized carbons (Fsp3) is 0.750. The molecule has 3 rings (SSSR count). The molecule has 1 fully saturated rings. The van der Waals surface area contributed by atoms with Gasteiger partial charge in [-0.25, -0.2) is 4.98 Å². The molecule has 1 saturated heterocycles. The molecule has 1 aliphatic heterocycles. The topological polar surface area (TPSA) is 54.0 Å². The van der Waals surface area contributed by atoms with E-state index in [1.54, 1.807) is 11.3 Å². The van der Waals surface area contributed by atoms with Gasteiger partial charge >= 0.3 is 0 Å². The molecule has 2 N–H and O–H groups in total. The number of amides is 1. The Bertz CT molecular complexity index is 494. The molecule has 0 bridgehead atoms. The van der Waals surface area contributed by atoms with Crippen LogP contribution in [0.25, 0.3) is 0 Å². The Balaban J connectivity index is 1.68. The molecule has 0 radical (unpaired) electrons. The molecule has 0 saturated carbocycles. The summed E-state index contributed by atoms with van der Waals surface area (Å²) in [7, 11) is 0. The average molecular weight is 307 g/mol.